The Morgan fingerprint density at radius 1 is 1.20 bits per heavy atom. The first-order valence-electron chi connectivity index (χ1n) is 8.05. The van der Waals surface area contributed by atoms with Gasteiger partial charge < -0.3 is 4.74 Å². The van der Waals surface area contributed by atoms with Gasteiger partial charge in [0.15, 0.2) is 0 Å². The zero-order chi connectivity index (χ0) is 18.0. The molecule has 1 N–H and O–H groups in total. The van der Waals surface area contributed by atoms with Crippen LogP contribution < -0.4 is 5.56 Å². The molecular formula is C19H17N3O3. The van der Waals surface area contributed by atoms with E-state index in [0.717, 1.165) is 12.1 Å². The number of aromatic nitrogens is 2. The van der Waals surface area contributed by atoms with Gasteiger partial charge >= 0.3 is 5.97 Å². The molecule has 0 saturated carbocycles. The summed E-state index contributed by atoms with van der Waals surface area (Å²) >= 11 is 0. The van der Waals surface area contributed by atoms with E-state index in [1.54, 1.807) is 35.7 Å². The van der Waals surface area contributed by atoms with E-state index >= 15 is 0 Å². The van der Waals surface area contributed by atoms with Crippen molar-refractivity contribution in [2.24, 2.45) is 0 Å². The maximum atomic E-state index is 12.6. The summed E-state index contributed by atoms with van der Waals surface area (Å²) < 4.78 is 6.77. The number of rotatable bonds is 4. The topological polar surface area (TPSA) is 87.4 Å². The summed E-state index contributed by atoms with van der Waals surface area (Å²) in [5, 5.41) is 11.7. The summed E-state index contributed by atoms with van der Waals surface area (Å²) in [4.78, 5) is 25.0. The smallest absolute Gasteiger partial charge is 0.344 e. The first-order valence-corrected chi connectivity index (χ1v) is 8.05. The van der Waals surface area contributed by atoms with Crippen LogP contribution in [0.2, 0.25) is 0 Å². The maximum absolute atomic E-state index is 12.6. The van der Waals surface area contributed by atoms with Gasteiger partial charge in [0.2, 0.25) is 0 Å². The number of aryl methyl sites for hydroxylation is 1. The van der Waals surface area contributed by atoms with Gasteiger partial charge in [0.1, 0.15) is 5.56 Å². The van der Waals surface area contributed by atoms with Gasteiger partial charge in [-0.3, -0.25) is 14.4 Å². The van der Waals surface area contributed by atoms with Crippen LogP contribution in [0.3, 0.4) is 0 Å². The van der Waals surface area contributed by atoms with Crippen molar-refractivity contribution in [3.8, 4) is 17.2 Å². The van der Waals surface area contributed by atoms with E-state index in [1.165, 1.54) is 0 Å². The highest BCUT2D eigenvalue weighted by Crippen LogP contribution is 2.28. The number of esters is 1. The molecule has 0 atom stereocenters. The van der Waals surface area contributed by atoms with E-state index in [2.05, 4.69) is 11.2 Å². The number of nitrogens with one attached hydrogen (secondary N) is 1. The molecule has 0 aliphatic rings. The third kappa shape index (κ3) is 2.81. The average molecular weight is 335 g/mol. The monoisotopic (exact) mass is 335 g/mol. The SMILES string of the molecule is CCOC(=O)c1c(-c2ccc(C#N)cc2)c2ccc(CC)n2[nH]c1=O. The first kappa shape index (κ1) is 16.5. The van der Waals surface area contributed by atoms with Gasteiger partial charge in [-0.05, 0) is 43.2 Å². The minimum atomic E-state index is -0.662. The lowest BCUT2D eigenvalue weighted by molar-refractivity contribution is 0.0525. The second kappa shape index (κ2) is 6.65. The predicted molar refractivity (Wildman–Crippen MR) is 93.5 cm³/mol. The van der Waals surface area contributed by atoms with Gasteiger partial charge in [-0.2, -0.15) is 5.26 Å². The number of nitrogens with zero attached hydrogens (tertiary/aromatic N) is 2. The number of fused-ring (bicyclic) bond motifs is 1. The van der Waals surface area contributed by atoms with Crippen molar-refractivity contribution in [2.45, 2.75) is 20.3 Å². The highest BCUT2D eigenvalue weighted by molar-refractivity contribution is 6.01. The van der Waals surface area contributed by atoms with Crippen LogP contribution in [0.1, 0.15) is 35.5 Å². The molecule has 25 heavy (non-hydrogen) atoms. The van der Waals surface area contributed by atoms with Crippen LogP contribution in [-0.2, 0) is 11.2 Å². The molecule has 0 fully saturated rings. The minimum Gasteiger partial charge on any atom is -0.462 e. The molecule has 6 heteroatoms. The Kier molecular flexibility index (Phi) is 4.40. The largest absolute Gasteiger partial charge is 0.462 e. The summed E-state index contributed by atoms with van der Waals surface area (Å²) in [7, 11) is 0. The van der Waals surface area contributed by atoms with E-state index in [0.29, 0.717) is 22.2 Å². The Hall–Kier alpha value is -3.33. The van der Waals surface area contributed by atoms with Crippen LogP contribution in [0.25, 0.3) is 16.6 Å². The van der Waals surface area contributed by atoms with E-state index < -0.39 is 11.5 Å². The molecule has 2 heterocycles. The Morgan fingerprint density at radius 3 is 2.52 bits per heavy atom. The number of hydrogen-bond acceptors (Lipinski definition) is 4. The number of ether oxygens (including phenoxy) is 1. The zero-order valence-corrected chi connectivity index (χ0v) is 14.0. The first-order chi connectivity index (χ1) is 12.1. The molecular weight excluding hydrogens is 318 g/mol. The number of H-pyrrole nitrogens is 1. The van der Waals surface area contributed by atoms with Crippen molar-refractivity contribution in [3.05, 3.63) is 63.6 Å². The van der Waals surface area contributed by atoms with Crippen molar-refractivity contribution in [2.75, 3.05) is 6.61 Å². The fourth-order valence-corrected chi connectivity index (χ4v) is 2.88. The summed E-state index contributed by atoms with van der Waals surface area (Å²) in [5.74, 6) is -0.662. The molecule has 0 aliphatic carbocycles. The van der Waals surface area contributed by atoms with Crippen LogP contribution >= 0.6 is 0 Å². The summed E-state index contributed by atoms with van der Waals surface area (Å²) in [6, 6.07) is 12.6. The van der Waals surface area contributed by atoms with Gasteiger partial charge in [-0.1, -0.05) is 19.1 Å². The number of hydrogen-bond donors (Lipinski definition) is 1. The molecule has 6 nitrogen and oxygen atoms in total. The molecule has 126 valence electrons. The van der Waals surface area contributed by atoms with E-state index in [4.69, 9.17) is 10.00 Å². The van der Waals surface area contributed by atoms with Crippen molar-refractivity contribution in [3.63, 3.8) is 0 Å². The molecule has 0 unspecified atom stereocenters. The predicted octanol–water partition coefficient (Wildman–Crippen LogP) is 2.91. The quantitative estimate of drug-likeness (QED) is 0.743. The van der Waals surface area contributed by atoms with Crippen LogP contribution in [-0.4, -0.2) is 22.2 Å². The molecule has 3 rings (SSSR count). The summed E-state index contributed by atoms with van der Waals surface area (Å²) in [5.41, 5.74) is 2.80. The lowest BCUT2D eigenvalue weighted by Gasteiger charge is -2.12. The van der Waals surface area contributed by atoms with Crippen molar-refractivity contribution in [1.82, 2.24) is 9.61 Å². The van der Waals surface area contributed by atoms with Gasteiger partial charge in [-0.15, -0.1) is 0 Å². The zero-order valence-electron chi connectivity index (χ0n) is 14.0. The number of nitriles is 1. The normalized spacial score (nSPS) is 10.6. The lowest BCUT2D eigenvalue weighted by atomic mass is 9.99. The summed E-state index contributed by atoms with van der Waals surface area (Å²) in [6.45, 7) is 3.86. The van der Waals surface area contributed by atoms with E-state index in [-0.39, 0.29) is 12.2 Å². The second-order valence-electron chi connectivity index (χ2n) is 5.50. The van der Waals surface area contributed by atoms with Crippen molar-refractivity contribution < 1.29 is 9.53 Å². The van der Waals surface area contributed by atoms with E-state index in [9.17, 15) is 9.59 Å². The van der Waals surface area contributed by atoms with Gasteiger partial charge in [0, 0.05) is 11.3 Å². The van der Waals surface area contributed by atoms with Crippen molar-refractivity contribution >= 4 is 11.5 Å². The Labute approximate surface area is 144 Å². The van der Waals surface area contributed by atoms with E-state index in [1.807, 2.05) is 19.1 Å². The molecule has 2 aromatic heterocycles. The number of benzene rings is 1. The molecule has 0 saturated heterocycles. The fourth-order valence-electron chi connectivity index (χ4n) is 2.88. The van der Waals surface area contributed by atoms with Crippen LogP contribution in [0, 0.1) is 11.3 Å². The Bertz CT molecular complexity index is 1040. The Morgan fingerprint density at radius 2 is 1.92 bits per heavy atom. The molecule has 0 radical (unpaired) electrons. The third-order valence-corrected chi connectivity index (χ3v) is 4.05. The van der Waals surface area contributed by atoms with Gasteiger partial charge in [0.05, 0.1) is 23.8 Å². The number of carbonyl (C=O) groups excluding carboxylic acids is 1. The highest BCUT2D eigenvalue weighted by atomic mass is 16.5. The lowest BCUT2D eigenvalue weighted by Crippen LogP contribution is -2.24. The van der Waals surface area contributed by atoms with Crippen LogP contribution in [0.4, 0.5) is 0 Å². The Balaban J connectivity index is 2.37. The molecule has 0 aliphatic heterocycles. The average Bonchev–Trinajstić information content (AvgIpc) is 3.03. The van der Waals surface area contributed by atoms with Gasteiger partial charge in [0.25, 0.3) is 5.56 Å². The molecule has 0 bridgehead atoms. The minimum absolute atomic E-state index is 0.0280. The number of aromatic amines is 1. The molecule has 1 aromatic carbocycles. The second-order valence-corrected chi connectivity index (χ2v) is 5.50. The number of carbonyl (C=O) groups is 1. The summed E-state index contributed by atoms with van der Waals surface area (Å²) in [6.07, 6.45) is 0.732. The van der Waals surface area contributed by atoms with Crippen LogP contribution in [0.5, 0.6) is 0 Å². The standard InChI is InChI=1S/C19H17N3O3/c1-3-14-9-10-15-16(13-7-5-12(11-20)6-8-13)17(19(24)25-4-2)18(23)21-22(14)15/h5-10H,3-4H2,1-2H3,(H,21,23). The molecule has 0 amide bonds. The van der Waals surface area contributed by atoms with Gasteiger partial charge in [-0.25, -0.2) is 4.79 Å². The maximum Gasteiger partial charge on any atom is 0.344 e. The third-order valence-electron chi connectivity index (χ3n) is 4.05. The van der Waals surface area contributed by atoms with Crippen LogP contribution in [0.15, 0.2) is 41.2 Å². The van der Waals surface area contributed by atoms with Crippen molar-refractivity contribution in [1.29, 1.82) is 5.26 Å². The molecule has 3 aromatic rings. The fraction of sp³-hybridized carbons (Fsp3) is 0.211. The molecule has 0 spiro atoms. The highest BCUT2D eigenvalue weighted by Gasteiger charge is 2.23.